The summed E-state index contributed by atoms with van der Waals surface area (Å²) < 4.78 is 6.90. The van der Waals surface area contributed by atoms with Crippen LogP contribution in [0.2, 0.25) is 0 Å². The summed E-state index contributed by atoms with van der Waals surface area (Å²) in [5, 5.41) is 12.0. The molecule has 0 atom stereocenters. The molecule has 1 saturated heterocycles. The highest BCUT2D eigenvalue weighted by atomic mass is 32.1. The Hall–Kier alpha value is -2.62. The lowest BCUT2D eigenvalue weighted by atomic mass is 10.1. The molecule has 0 amide bonds. The molecule has 0 aliphatic carbocycles. The minimum atomic E-state index is -0.420. The fraction of sp³-hybridized carbons (Fsp3) is 0.333. The van der Waals surface area contributed by atoms with E-state index in [4.69, 9.17) is 4.74 Å². The number of fused-ring (bicyclic) bond motifs is 1. The van der Waals surface area contributed by atoms with E-state index in [0.29, 0.717) is 42.2 Å². The summed E-state index contributed by atoms with van der Waals surface area (Å²) in [7, 11) is 0. The van der Waals surface area contributed by atoms with Crippen molar-refractivity contribution >= 4 is 26.6 Å². The number of nitro groups is 1. The van der Waals surface area contributed by atoms with E-state index >= 15 is 0 Å². The maximum absolute atomic E-state index is 12.7. The molecule has 1 aliphatic rings. The molecule has 2 aromatic heterocycles. The molecule has 140 valence electrons. The highest BCUT2D eigenvalue weighted by Crippen LogP contribution is 2.35. The molecule has 1 aliphatic heterocycles. The molecule has 0 spiro atoms. The lowest BCUT2D eigenvalue weighted by Gasteiger charge is -2.26. The molecule has 1 fully saturated rings. The Morgan fingerprint density at radius 3 is 2.63 bits per heavy atom. The number of hydrogen-bond acceptors (Lipinski definition) is 7. The van der Waals surface area contributed by atoms with Crippen LogP contribution in [0.4, 0.5) is 5.00 Å². The topological polar surface area (TPSA) is 90.5 Å². The monoisotopic (exact) mass is 386 g/mol. The van der Waals surface area contributed by atoms with Crippen LogP contribution in [-0.2, 0) is 11.3 Å². The van der Waals surface area contributed by atoms with Crippen molar-refractivity contribution in [2.45, 2.75) is 6.54 Å². The van der Waals surface area contributed by atoms with E-state index in [1.165, 1.54) is 6.07 Å². The Kier molecular flexibility index (Phi) is 4.97. The van der Waals surface area contributed by atoms with Crippen LogP contribution in [0.25, 0.3) is 21.5 Å². The largest absolute Gasteiger partial charge is 0.379 e. The van der Waals surface area contributed by atoms with Crippen LogP contribution < -0.4 is 5.69 Å². The van der Waals surface area contributed by atoms with E-state index in [-0.39, 0.29) is 10.7 Å². The number of hydrogen-bond donors (Lipinski definition) is 0. The van der Waals surface area contributed by atoms with Gasteiger partial charge in [-0.15, -0.1) is 0 Å². The lowest BCUT2D eigenvalue weighted by molar-refractivity contribution is -0.380. The van der Waals surface area contributed by atoms with Gasteiger partial charge in [0.2, 0.25) is 0 Å². The van der Waals surface area contributed by atoms with Gasteiger partial charge >= 0.3 is 10.7 Å². The fourth-order valence-corrected chi connectivity index (χ4v) is 4.21. The van der Waals surface area contributed by atoms with Crippen molar-refractivity contribution in [3.63, 3.8) is 0 Å². The van der Waals surface area contributed by atoms with Gasteiger partial charge in [-0.05, 0) is 11.3 Å². The van der Waals surface area contributed by atoms with Gasteiger partial charge in [0.15, 0.2) is 0 Å². The zero-order valence-corrected chi connectivity index (χ0v) is 15.4. The smallest absolute Gasteiger partial charge is 0.349 e. The van der Waals surface area contributed by atoms with Crippen molar-refractivity contribution < 1.29 is 9.66 Å². The van der Waals surface area contributed by atoms with Gasteiger partial charge in [0.05, 0.1) is 23.8 Å². The summed E-state index contributed by atoms with van der Waals surface area (Å²) in [4.78, 5) is 30.7. The van der Waals surface area contributed by atoms with Crippen molar-refractivity contribution in [3.8, 4) is 11.3 Å². The Balaban J connectivity index is 1.78. The summed E-state index contributed by atoms with van der Waals surface area (Å²) in [6.45, 7) is 4.11. The highest BCUT2D eigenvalue weighted by Gasteiger charge is 2.21. The van der Waals surface area contributed by atoms with Gasteiger partial charge in [-0.2, -0.15) is 4.98 Å². The second-order valence-corrected chi connectivity index (χ2v) is 7.28. The Morgan fingerprint density at radius 2 is 1.93 bits per heavy atom. The van der Waals surface area contributed by atoms with E-state index in [2.05, 4.69) is 9.88 Å². The molecule has 8 nitrogen and oxygen atoms in total. The maximum atomic E-state index is 12.7. The van der Waals surface area contributed by atoms with Crippen LogP contribution in [0.1, 0.15) is 0 Å². The first-order chi connectivity index (χ1) is 13.1. The number of rotatable bonds is 5. The molecular weight excluding hydrogens is 368 g/mol. The maximum Gasteiger partial charge on any atom is 0.349 e. The molecule has 27 heavy (non-hydrogen) atoms. The van der Waals surface area contributed by atoms with Gasteiger partial charge < -0.3 is 4.74 Å². The van der Waals surface area contributed by atoms with Crippen LogP contribution >= 0.6 is 11.3 Å². The Labute approximate surface area is 158 Å². The summed E-state index contributed by atoms with van der Waals surface area (Å²) >= 11 is 1.02. The van der Waals surface area contributed by atoms with Crippen LogP contribution in [0.3, 0.4) is 0 Å². The minimum Gasteiger partial charge on any atom is -0.379 e. The van der Waals surface area contributed by atoms with Crippen LogP contribution in [0.15, 0.2) is 41.2 Å². The van der Waals surface area contributed by atoms with Gasteiger partial charge in [0.1, 0.15) is 4.83 Å². The van der Waals surface area contributed by atoms with Gasteiger partial charge in [0, 0.05) is 43.2 Å². The Bertz CT molecular complexity index is 1030. The third-order valence-electron chi connectivity index (χ3n) is 4.61. The van der Waals surface area contributed by atoms with E-state index in [0.717, 1.165) is 30.0 Å². The molecule has 9 heteroatoms. The molecule has 4 rings (SSSR count). The fourth-order valence-electron chi connectivity index (χ4n) is 3.21. The van der Waals surface area contributed by atoms with Gasteiger partial charge in [-0.3, -0.25) is 19.6 Å². The van der Waals surface area contributed by atoms with Gasteiger partial charge in [0.25, 0.3) is 0 Å². The number of nitrogens with zero attached hydrogens (tertiary/aromatic N) is 4. The summed E-state index contributed by atoms with van der Waals surface area (Å²) in [6, 6.07) is 10.8. The number of ether oxygens (including phenoxy) is 1. The molecular formula is C18H18N4O4S. The first-order valence-electron chi connectivity index (χ1n) is 8.68. The van der Waals surface area contributed by atoms with E-state index in [1.807, 2.05) is 30.3 Å². The second kappa shape index (κ2) is 7.55. The predicted octanol–water partition coefficient (Wildman–Crippen LogP) is 2.37. The number of aromatic nitrogens is 2. The van der Waals surface area contributed by atoms with E-state index < -0.39 is 4.92 Å². The van der Waals surface area contributed by atoms with Gasteiger partial charge in [-0.1, -0.05) is 30.3 Å². The van der Waals surface area contributed by atoms with Crippen LogP contribution in [0, 0.1) is 10.1 Å². The zero-order chi connectivity index (χ0) is 18.8. The predicted molar refractivity (Wildman–Crippen MR) is 103 cm³/mol. The van der Waals surface area contributed by atoms with Crippen molar-refractivity contribution in [2.24, 2.45) is 0 Å². The molecule has 0 radical (unpaired) electrons. The second-order valence-electron chi connectivity index (χ2n) is 6.28. The third-order valence-corrected chi connectivity index (χ3v) is 5.72. The molecule has 0 N–H and O–H groups in total. The van der Waals surface area contributed by atoms with Crippen molar-refractivity contribution in [2.75, 3.05) is 32.8 Å². The molecule has 0 bridgehead atoms. The van der Waals surface area contributed by atoms with E-state index in [1.54, 1.807) is 4.57 Å². The number of thiophene rings is 1. The Morgan fingerprint density at radius 1 is 1.19 bits per heavy atom. The average Bonchev–Trinajstić information content (AvgIpc) is 3.14. The molecule has 3 heterocycles. The standard InChI is InChI=1S/C18H18N4O4S/c23-18-19-16(13-4-2-1-3-5-13)14-12-15(22(24)25)27-17(14)21(18)7-6-20-8-10-26-11-9-20/h1-5,12H,6-11H2. The molecule has 0 unspecified atom stereocenters. The quantitative estimate of drug-likeness (QED) is 0.494. The zero-order valence-electron chi connectivity index (χ0n) is 14.5. The third kappa shape index (κ3) is 3.61. The molecule has 1 aromatic carbocycles. The lowest BCUT2D eigenvalue weighted by Crippen LogP contribution is -2.39. The average molecular weight is 386 g/mol. The van der Waals surface area contributed by atoms with Crippen molar-refractivity contribution in [3.05, 3.63) is 57.0 Å². The SMILES string of the molecule is O=c1nc(-c2ccccc2)c2cc([N+](=O)[O-])sc2n1CCN1CCOCC1. The van der Waals surface area contributed by atoms with E-state index in [9.17, 15) is 14.9 Å². The molecule has 0 saturated carbocycles. The number of benzene rings is 1. The first kappa shape index (κ1) is 17.8. The van der Waals surface area contributed by atoms with Crippen LogP contribution in [-0.4, -0.2) is 52.2 Å². The van der Waals surface area contributed by atoms with Crippen LogP contribution in [0.5, 0.6) is 0 Å². The highest BCUT2D eigenvalue weighted by molar-refractivity contribution is 7.21. The minimum absolute atomic E-state index is 0.00898. The normalized spacial score (nSPS) is 15.3. The summed E-state index contributed by atoms with van der Waals surface area (Å²) in [5.41, 5.74) is 0.876. The first-order valence-corrected chi connectivity index (χ1v) is 9.49. The number of morpholine rings is 1. The van der Waals surface area contributed by atoms with Crippen molar-refractivity contribution in [1.82, 2.24) is 14.5 Å². The molecule has 3 aromatic rings. The summed E-state index contributed by atoms with van der Waals surface area (Å²) in [5.74, 6) is 0. The summed E-state index contributed by atoms with van der Waals surface area (Å²) in [6.07, 6.45) is 0. The van der Waals surface area contributed by atoms with Crippen molar-refractivity contribution in [1.29, 1.82) is 0 Å². The van der Waals surface area contributed by atoms with Gasteiger partial charge in [-0.25, -0.2) is 4.79 Å².